The van der Waals surface area contributed by atoms with Crippen LogP contribution in [0.4, 0.5) is 0 Å². The number of rotatable bonds is 1. The molecule has 19 heavy (non-hydrogen) atoms. The van der Waals surface area contributed by atoms with E-state index in [1.165, 1.54) is 0 Å². The Morgan fingerprint density at radius 2 is 1.84 bits per heavy atom. The molecule has 3 aromatic rings. The lowest BCUT2D eigenvalue weighted by Gasteiger charge is -2.07. The van der Waals surface area contributed by atoms with E-state index in [2.05, 4.69) is 9.97 Å². The van der Waals surface area contributed by atoms with Crippen molar-refractivity contribution in [1.82, 2.24) is 14.5 Å². The Morgan fingerprint density at radius 3 is 2.58 bits per heavy atom. The molecule has 5 heteroatoms. The molecule has 2 heterocycles. The van der Waals surface area contributed by atoms with Gasteiger partial charge in [-0.3, -0.25) is 9.78 Å². The Balaban J connectivity index is 2.49. The highest BCUT2D eigenvalue weighted by Gasteiger charge is 2.10. The van der Waals surface area contributed by atoms with Gasteiger partial charge in [-0.25, -0.2) is 9.36 Å². The summed E-state index contributed by atoms with van der Waals surface area (Å²) in [5.74, 6) is 0. The molecule has 1 N–H and O–H groups in total. The first kappa shape index (κ1) is 11.4. The Morgan fingerprint density at radius 1 is 1.11 bits per heavy atom. The average molecular weight is 253 g/mol. The standard InChI is InChI=1S/C14H11N3O2/c1-9-3-2-4-11-12(9)13(18)17(14(19)16-11)10-5-7-15-8-6-10/h2-8H,1H3,(H,16,19). The molecule has 0 aliphatic carbocycles. The van der Waals surface area contributed by atoms with Crippen molar-refractivity contribution < 1.29 is 0 Å². The Hall–Kier alpha value is -2.69. The second-order valence-electron chi connectivity index (χ2n) is 4.27. The molecule has 0 spiro atoms. The number of aryl methyl sites for hydroxylation is 1. The molecule has 0 fully saturated rings. The van der Waals surface area contributed by atoms with E-state index in [0.717, 1.165) is 10.1 Å². The quantitative estimate of drug-likeness (QED) is 0.712. The van der Waals surface area contributed by atoms with E-state index < -0.39 is 5.69 Å². The zero-order valence-electron chi connectivity index (χ0n) is 10.3. The SMILES string of the molecule is Cc1cccc2[nH]c(=O)n(-c3ccncc3)c(=O)c12. The highest BCUT2D eigenvalue weighted by molar-refractivity contribution is 5.81. The van der Waals surface area contributed by atoms with Crippen LogP contribution in [0.2, 0.25) is 0 Å². The molecule has 0 saturated carbocycles. The Bertz CT molecular complexity index is 863. The third-order valence-electron chi connectivity index (χ3n) is 3.06. The maximum absolute atomic E-state index is 12.5. The highest BCUT2D eigenvalue weighted by Crippen LogP contribution is 2.11. The molecule has 0 atom stereocenters. The van der Waals surface area contributed by atoms with Crippen LogP contribution in [-0.4, -0.2) is 14.5 Å². The fourth-order valence-electron chi connectivity index (χ4n) is 2.16. The third kappa shape index (κ3) is 1.76. The first-order chi connectivity index (χ1) is 9.18. The number of aromatic nitrogens is 3. The molecule has 3 rings (SSSR count). The van der Waals surface area contributed by atoms with Crippen LogP contribution in [0, 0.1) is 6.92 Å². The molecule has 1 aromatic carbocycles. The molecule has 0 unspecified atom stereocenters. The lowest BCUT2D eigenvalue weighted by molar-refractivity contribution is 0.897. The molecule has 2 aromatic heterocycles. The van der Waals surface area contributed by atoms with Crippen LogP contribution in [0.25, 0.3) is 16.6 Å². The van der Waals surface area contributed by atoms with E-state index >= 15 is 0 Å². The number of nitrogens with zero attached hydrogens (tertiary/aromatic N) is 2. The largest absolute Gasteiger partial charge is 0.333 e. The number of hydrogen-bond donors (Lipinski definition) is 1. The Labute approximate surface area is 108 Å². The fraction of sp³-hybridized carbons (Fsp3) is 0.0714. The van der Waals surface area contributed by atoms with E-state index in [4.69, 9.17) is 0 Å². The number of hydrogen-bond acceptors (Lipinski definition) is 3. The minimum absolute atomic E-state index is 0.317. The van der Waals surface area contributed by atoms with Crippen molar-refractivity contribution in [3.63, 3.8) is 0 Å². The number of fused-ring (bicyclic) bond motifs is 1. The van der Waals surface area contributed by atoms with Crippen LogP contribution >= 0.6 is 0 Å². The summed E-state index contributed by atoms with van der Waals surface area (Å²) in [6.45, 7) is 1.85. The monoisotopic (exact) mass is 253 g/mol. The van der Waals surface area contributed by atoms with Gasteiger partial charge in [0.05, 0.1) is 16.6 Å². The second kappa shape index (κ2) is 4.20. The normalized spacial score (nSPS) is 10.8. The summed E-state index contributed by atoms with van der Waals surface area (Å²) in [5.41, 5.74) is 1.13. The molecule has 0 saturated heterocycles. The average Bonchev–Trinajstić information content (AvgIpc) is 2.39. The number of pyridine rings is 1. The molecule has 94 valence electrons. The number of benzene rings is 1. The summed E-state index contributed by atoms with van der Waals surface area (Å²) >= 11 is 0. The minimum atomic E-state index is -0.450. The van der Waals surface area contributed by atoms with Crippen LogP contribution in [0.1, 0.15) is 5.56 Å². The number of H-pyrrole nitrogens is 1. The van der Waals surface area contributed by atoms with Gasteiger partial charge in [0.25, 0.3) is 5.56 Å². The Kier molecular flexibility index (Phi) is 2.52. The van der Waals surface area contributed by atoms with E-state index in [1.54, 1.807) is 30.6 Å². The zero-order chi connectivity index (χ0) is 13.4. The summed E-state index contributed by atoms with van der Waals surface area (Å²) in [6.07, 6.45) is 3.09. The minimum Gasteiger partial charge on any atom is -0.306 e. The maximum Gasteiger partial charge on any atom is 0.333 e. The molecular formula is C14H11N3O2. The first-order valence-electron chi connectivity index (χ1n) is 5.83. The predicted molar refractivity (Wildman–Crippen MR) is 72.7 cm³/mol. The molecular weight excluding hydrogens is 242 g/mol. The van der Waals surface area contributed by atoms with Crippen LogP contribution in [0.15, 0.2) is 52.3 Å². The van der Waals surface area contributed by atoms with Crippen molar-refractivity contribution in [3.05, 3.63) is 69.1 Å². The third-order valence-corrected chi connectivity index (χ3v) is 3.06. The van der Waals surface area contributed by atoms with Gasteiger partial charge >= 0.3 is 5.69 Å². The van der Waals surface area contributed by atoms with Crippen molar-refractivity contribution in [3.8, 4) is 5.69 Å². The zero-order valence-corrected chi connectivity index (χ0v) is 10.3. The summed E-state index contributed by atoms with van der Waals surface area (Å²) in [4.78, 5) is 31.2. The van der Waals surface area contributed by atoms with Crippen LogP contribution in [0.3, 0.4) is 0 Å². The molecule has 0 aliphatic rings. The van der Waals surface area contributed by atoms with Gasteiger partial charge in [-0.1, -0.05) is 12.1 Å². The van der Waals surface area contributed by atoms with Crippen molar-refractivity contribution in [1.29, 1.82) is 0 Å². The predicted octanol–water partition coefficient (Wildman–Crippen LogP) is 1.38. The molecule has 0 bridgehead atoms. The van der Waals surface area contributed by atoms with Crippen molar-refractivity contribution in [2.45, 2.75) is 6.92 Å². The molecule has 0 radical (unpaired) electrons. The van der Waals surface area contributed by atoms with Gasteiger partial charge in [0.15, 0.2) is 0 Å². The van der Waals surface area contributed by atoms with Gasteiger partial charge in [0.2, 0.25) is 0 Å². The summed E-state index contributed by atoms with van der Waals surface area (Å²) in [5, 5.41) is 0.527. The van der Waals surface area contributed by atoms with Crippen molar-refractivity contribution in [2.75, 3.05) is 0 Å². The number of nitrogens with one attached hydrogen (secondary N) is 1. The summed E-state index contributed by atoms with van der Waals surface area (Å²) in [7, 11) is 0. The molecule has 0 aliphatic heterocycles. The van der Waals surface area contributed by atoms with Crippen molar-refractivity contribution >= 4 is 10.9 Å². The van der Waals surface area contributed by atoms with E-state index in [0.29, 0.717) is 16.6 Å². The fourth-order valence-corrected chi connectivity index (χ4v) is 2.16. The molecule has 0 amide bonds. The van der Waals surface area contributed by atoms with E-state index in [9.17, 15) is 9.59 Å². The van der Waals surface area contributed by atoms with Gasteiger partial charge in [0.1, 0.15) is 0 Å². The van der Waals surface area contributed by atoms with Gasteiger partial charge < -0.3 is 4.98 Å². The van der Waals surface area contributed by atoms with Crippen molar-refractivity contribution in [2.24, 2.45) is 0 Å². The van der Waals surface area contributed by atoms with Crippen LogP contribution < -0.4 is 11.2 Å². The van der Waals surface area contributed by atoms with Gasteiger partial charge in [-0.05, 0) is 30.7 Å². The highest BCUT2D eigenvalue weighted by atomic mass is 16.2. The first-order valence-corrected chi connectivity index (χ1v) is 5.83. The summed E-state index contributed by atoms with van der Waals surface area (Å²) < 4.78 is 1.12. The number of aromatic amines is 1. The summed E-state index contributed by atoms with van der Waals surface area (Å²) in [6, 6.07) is 8.63. The van der Waals surface area contributed by atoms with Gasteiger partial charge in [-0.2, -0.15) is 0 Å². The van der Waals surface area contributed by atoms with Crippen LogP contribution in [-0.2, 0) is 0 Å². The van der Waals surface area contributed by atoms with E-state index in [-0.39, 0.29) is 5.56 Å². The lowest BCUT2D eigenvalue weighted by Crippen LogP contribution is -2.33. The smallest absolute Gasteiger partial charge is 0.306 e. The molecule has 5 nitrogen and oxygen atoms in total. The van der Waals surface area contributed by atoms with Gasteiger partial charge in [0, 0.05) is 12.4 Å². The van der Waals surface area contributed by atoms with Crippen LogP contribution in [0.5, 0.6) is 0 Å². The van der Waals surface area contributed by atoms with Gasteiger partial charge in [-0.15, -0.1) is 0 Å². The second-order valence-corrected chi connectivity index (χ2v) is 4.27. The topological polar surface area (TPSA) is 67.8 Å². The van der Waals surface area contributed by atoms with E-state index in [1.807, 2.05) is 19.1 Å². The lowest BCUT2D eigenvalue weighted by atomic mass is 10.1. The maximum atomic E-state index is 12.5.